The van der Waals surface area contributed by atoms with Crippen LogP contribution < -0.4 is 0 Å². The van der Waals surface area contributed by atoms with E-state index < -0.39 is 12.0 Å². The summed E-state index contributed by atoms with van der Waals surface area (Å²) in [5, 5.41) is 11.0. The Hall–Kier alpha value is -1.52. The molecule has 122 valence electrons. The Bertz CT molecular complexity index is 741. The van der Waals surface area contributed by atoms with Crippen molar-refractivity contribution in [1.29, 1.82) is 0 Å². The van der Waals surface area contributed by atoms with Gasteiger partial charge in [0.2, 0.25) is 0 Å². The van der Waals surface area contributed by atoms with E-state index in [1.165, 1.54) is 12.8 Å². The van der Waals surface area contributed by atoms with E-state index >= 15 is 0 Å². The van der Waals surface area contributed by atoms with E-state index in [1.54, 1.807) is 0 Å². The van der Waals surface area contributed by atoms with E-state index in [-0.39, 0.29) is 0 Å². The van der Waals surface area contributed by atoms with Gasteiger partial charge in [0.05, 0.1) is 0 Å². The van der Waals surface area contributed by atoms with Crippen LogP contribution >= 0.6 is 11.6 Å². The van der Waals surface area contributed by atoms with Crippen LogP contribution in [-0.2, 0) is 11.3 Å². The molecule has 4 rings (SSSR count). The molecule has 3 atom stereocenters. The summed E-state index contributed by atoms with van der Waals surface area (Å²) in [4.78, 5) is 13.9. The number of benzene rings is 1. The van der Waals surface area contributed by atoms with Crippen LogP contribution in [-0.4, -0.2) is 28.1 Å². The van der Waals surface area contributed by atoms with Gasteiger partial charge in [-0.15, -0.1) is 0 Å². The lowest BCUT2D eigenvalue weighted by Crippen LogP contribution is -2.41. The molecule has 0 radical (unpaired) electrons. The van der Waals surface area contributed by atoms with Gasteiger partial charge in [0.1, 0.15) is 11.6 Å². The Morgan fingerprint density at radius 2 is 2.09 bits per heavy atom. The number of fused-ring (bicyclic) bond motifs is 2. The minimum Gasteiger partial charge on any atom is -0.480 e. The second-order valence-corrected chi connectivity index (χ2v) is 7.07. The van der Waals surface area contributed by atoms with Gasteiger partial charge in [-0.2, -0.15) is 0 Å². The second-order valence-electron chi connectivity index (χ2n) is 6.72. The van der Waals surface area contributed by atoms with E-state index in [0.717, 1.165) is 35.8 Å². The SMILES string of the molecule is O=C(O)C1CC2CCCCC2N1Cc1c(Cl)oc2ccccc12. The molecule has 1 aromatic carbocycles. The van der Waals surface area contributed by atoms with Crippen LogP contribution in [0.2, 0.25) is 5.22 Å². The summed E-state index contributed by atoms with van der Waals surface area (Å²) in [6.45, 7) is 0.550. The molecular formula is C18H20ClNO3. The fraction of sp³-hybridized carbons (Fsp3) is 0.500. The Labute approximate surface area is 140 Å². The third-order valence-corrected chi connectivity index (χ3v) is 5.80. The molecule has 3 unspecified atom stereocenters. The predicted molar refractivity (Wildman–Crippen MR) is 88.6 cm³/mol. The number of likely N-dealkylation sites (tertiary alicyclic amines) is 1. The average molecular weight is 334 g/mol. The number of hydrogen-bond acceptors (Lipinski definition) is 3. The number of carboxylic acids is 1. The summed E-state index contributed by atoms with van der Waals surface area (Å²) in [5.41, 5.74) is 1.68. The Morgan fingerprint density at radius 3 is 2.91 bits per heavy atom. The lowest BCUT2D eigenvalue weighted by Gasteiger charge is -2.32. The van der Waals surface area contributed by atoms with Gasteiger partial charge < -0.3 is 9.52 Å². The highest BCUT2D eigenvalue weighted by Crippen LogP contribution is 2.42. The number of rotatable bonds is 3. The zero-order valence-corrected chi connectivity index (χ0v) is 13.6. The number of halogens is 1. The topological polar surface area (TPSA) is 53.7 Å². The van der Waals surface area contributed by atoms with Crippen molar-refractivity contribution >= 4 is 28.5 Å². The van der Waals surface area contributed by atoms with Crippen molar-refractivity contribution in [1.82, 2.24) is 4.90 Å². The van der Waals surface area contributed by atoms with Crippen LogP contribution in [0.15, 0.2) is 28.7 Å². The van der Waals surface area contributed by atoms with Crippen LogP contribution in [0.4, 0.5) is 0 Å². The third-order valence-electron chi connectivity index (χ3n) is 5.50. The van der Waals surface area contributed by atoms with E-state index in [0.29, 0.717) is 23.7 Å². The van der Waals surface area contributed by atoms with E-state index in [4.69, 9.17) is 16.0 Å². The molecule has 5 heteroatoms. The van der Waals surface area contributed by atoms with Gasteiger partial charge >= 0.3 is 5.97 Å². The van der Waals surface area contributed by atoms with Gasteiger partial charge in [0, 0.05) is 23.5 Å². The molecule has 0 bridgehead atoms. The number of furan rings is 1. The lowest BCUT2D eigenvalue weighted by atomic mass is 9.84. The molecule has 2 heterocycles. The highest BCUT2D eigenvalue weighted by molar-refractivity contribution is 6.30. The quantitative estimate of drug-likeness (QED) is 0.909. The fourth-order valence-electron chi connectivity index (χ4n) is 4.42. The number of carbonyl (C=O) groups is 1. The maximum absolute atomic E-state index is 11.7. The Balaban J connectivity index is 1.69. The van der Waals surface area contributed by atoms with Crippen LogP contribution in [0.5, 0.6) is 0 Å². The molecule has 2 aliphatic rings. The van der Waals surface area contributed by atoms with Crippen molar-refractivity contribution in [2.75, 3.05) is 0 Å². The van der Waals surface area contributed by atoms with Gasteiger partial charge in [0.15, 0.2) is 5.22 Å². The standard InChI is InChI=1S/C18H20ClNO3/c19-17-13(12-6-2-4-8-16(12)23-17)10-20-14-7-3-1-5-11(14)9-15(20)18(21)22/h2,4,6,8,11,14-15H,1,3,5,7,9-10H2,(H,21,22). The summed E-state index contributed by atoms with van der Waals surface area (Å²) in [7, 11) is 0. The number of para-hydroxylation sites is 1. The fourth-order valence-corrected chi connectivity index (χ4v) is 4.67. The Morgan fingerprint density at radius 1 is 1.30 bits per heavy atom. The minimum absolute atomic E-state index is 0.356. The smallest absolute Gasteiger partial charge is 0.320 e. The van der Waals surface area contributed by atoms with Gasteiger partial charge in [-0.3, -0.25) is 9.69 Å². The van der Waals surface area contributed by atoms with Gasteiger partial charge in [0.25, 0.3) is 0 Å². The summed E-state index contributed by atoms with van der Waals surface area (Å²) in [6, 6.07) is 7.71. The van der Waals surface area contributed by atoms with Gasteiger partial charge in [-0.1, -0.05) is 31.0 Å². The van der Waals surface area contributed by atoms with Crippen molar-refractivity contribution < 1.29 is 14.3 Å². The van der Waals surface area contributed by atoms with E-state index in [1.807, 2.05) is 24.3 Å². The molecule has 4 nitrogen and oxygen atoms in total. The van der Waals surface area contributed by atoms with E-state index in [2.05, 4.69) is 4.90 Å². The number of nitrogens with zero attached hydrogens (tertiary/aromatic N) is 1. The van der Waals surface area contributed by atoms with Crippen molar-refractivity contribution in [2.45, 2.75) is 50.7 Å². The maximum atomic E-state index is 11.7. The van der Waals surface area contributed by atoms with Crippen molar-refractivity contribution in [3.63, 3.8) is 0 Å². The zero-order valence-electron chi connectivity index (χ0n) is 12.9. The van der Waals surface area contributed by atoms with Crippen LogP contribution in [0.25, 0.3) is 11.0 Å². The predicted octanol–water partition coefficient (Wildman–Crippen LogP) is 4.30. The first-order valence-electron chi connectivity index (χ1n) is 8.29. The average Bonchev–Trinajstić information content (AvgIpc) is 3.07. The molecule has 1 saturated carbocycles. The van der Waals surface area contributed by atoms with Crippen molar-refractivity contribution in [2.24, 2.45) is 5.92 Å². The van der Waals surface area contributed by atoms with Crippen molar-refractivity contribution in [3.05, 3.63) is 35.0 Å². The molecule has 1 N–H and O–H groups in total. The summed E-state index contributed by atoms with van der Waals surface area (Å²) in [5.74, 6) is -0.217. The summed E-state index contributed by atoms with van der Waals surface area (Å²) in [6.07, 6.45) is 5.39. The highest BCUT2D eigenvalue weighted by atomic mass is 35.5. The first kappa shape index (κ1) is 15.0. The maximum Gasteiger partial charge on any atom is 0.320 e. The first-order chi connectivity index (χ1) is 11.1. The molecule has 0 spiro atoms. The number of aliphatic carboxylic acids is 1. The van der Waals surface area contributed by atoms with Crippen LogP contribution in [0.1, 0.15) is 37.7 Å². The minimum atomic E-state index is -0.719. The molecule has 2 aromatic rings. The van der Waals surface area contributed by atoms with Crippen LogP contribution in [0.3, 0.4) is 0 Å². The first-order valence-corrected chi connectivity index (χ1v) is 8.67. The molecule has 1 aliphatic heterocycles. The van der Waals surface area contributed by atoms with Crippen LogP contribution in [0, 0.1) is 5.92 Å². The number of hydrogen-bond donors (Lipinski definition) is 1. The lowest BCUT2D eigenvalue weighted by molar-refractivity contribution is -0.142. The van der Waals surface area contributed by atoms with Crippen molar-refractivity contribution in [3.8, 4) is 0 Å². The third kappa shape index (κ3) is 2.54. The molecular weight excluding hydrogens is 314 g/mol. The largest absolute Gasteiger partial charge is 0.480 e. The summed E-state index contributed by atoms with van der Waals surface area (Å²) >= 11 is 6.31. The normalized spacial score (nSPS) is 28.1. The molecule has 23 heavy (non-hydrogen) atoms. The highest BCUT2D eigenvalue weighted by Gasteiger charge is 2.45. The Kier molecular flexibility index (Phi) is 3.82. The molecule has 2 fully saturated rings. The number of carboxylic acid groups (broad SMARTS) is 1. The second kappa shape index (κ2) is 5.84. The zero-order chi connectivity index (χ0) is 16.0. The van der Waals surface area contributed by atoms with Gasteiger partial charge in [-0.25, -0.2) is 0 Å². The van der Waals surface area contributed by atoms with Gasteiger partial charge in [-0.05, 0) is 42.8 Å². The monoisotopic (exact) mass is 333 g/mol. The molecule has 0 amide bonds. The van der Waals surface area contributed by atoms with E-state index in [9.17, 15) is 9.90 Å². The molecule has 1 aliphatic carbocycles. The molecule has 1 saturated heterocycles. The molecule has 1 aromatic heterocycles. The summed E-state index contributed by atoms with van der Waals surface area (Å²) < 4.78 is 5.63.